The van der Waals surface area contributed by atoms with Crippen LogP contribution in [0.3, 0.4) is 0 Å². The molecular weight excluding hydrogens is 278 g/mol. The van der Waals surface area contributed by atoms with Gasteiger partial charge < -0.3 is 5.11 Å². The molecule has 1 aromatic rings. The van der Waals surface area contributed by atoms with Crippen LogP contribution in [-0.2, 0) is 6.42 Å². The van der Waals surface area contributed by atoms with Gasteiger partial charge in [0.2, 0.25) is 0 Å². The van der Waals surface area contributed by atoms with Gasteiger partial charge in [0.15, 0.2) is 0 Å². The van der Waals surface area contributed by atoms with E-state index in [1.165, 1.54) is 12.1 Å². The number of aliphatic hydroxyl groups excluding tert-OH is 1. The average molecular weight is 291 g/mol. The molecule has 1 fully saturated rings. The first kappa shape index (κ1) is 12.0. The molecule has 2 unspecified atom stereocenters. The van der Waals surface area contributed by atoms with Crippen molar-refractivity contribution in [3.63, 3.8) is 0 Å². The molecule has 1 aromatic carbocycles. The van der Waals surface area contributed by atoms with Crippen molar-refractivity contribution in [2.45, 2.75) is 31.8 Å². The zero-order valence-electron chi connectivity index (χ0n) is 8.72. The Bertz CT molecular complexity index is 395. The lowest BCUT2D eigenvalue weighted by atomic mass is 9.95. The highest BCUT2D eigenvalue weighted by Gasteiger charge is 2.27. The first-order chi connectivity index (χ1) is 7.59. The molecule has 16 heavy (non-hydrogen) atoms. The van der Waals surface area contributed by atoms with Gasteiger partial charge in [0.1, 0.15) is 11.6 Å². The summed E-state index contributed by atoms with van der Waals surface area (Å²) in [6.07, 6.45) is 2.37. The molecule has 88 valence electrons. The van der Waals surface area contributed by atoms with Gasteiger partial charge in [0, 0.05) is 5.56 Å². The first-order valence-corrected chi connectivity index (χ1v) is 6.19. The molecule has 0 bridgehead atoms. The predicted octanol–water partition coefficient (Wildman–Crippen LogP) is 3.43. The summed E-state index contributed by atoms with van der Waals surface area (Å²) in [5.74, 6) is -1.09. The highest BCUT2D eigenvalue weighted by atomic mass is 79.9. The van der Waals surface area contributed by atoms with Gasteiger partial charge in [-0.1, -0.05) is 6.42 Å². The fourth-order valence-electron chi connectivity index (χ4n) is 2.27. The molecule has 1 aliphatic carbocycles. The van der Waals surface area contributed by atoms with Gasteiger partial charge in [-0.25, -0.2) is 8.78 Å². The molecule has 1 nitrogen and oxygen atoms in total. The standard InChI is InChI=1S/C12H13BrF2O/c13-9-4-5-10(14)8(12(9)15)6-7-2-1-3-11(7)16/h4-5,7,11,16H,1-3,6H2. The van der Waals surface area contributed by atoms with Crippen molar-refractivity contribution >= 4 is 15.9 Å². The summed E-state index contributed by atoms with van der Waals surface area (Å²) in [6, 6.07) is 2.61. The molecule has 0 aliphatic heterocycles. The molecule has 0 amide bonds. The molecule has 4 heteroatoms. The normalized spacial score (nSPS) is 25.0. The summed E-state index contributed by atoms with van der Waals surface area (Å²) in [7, 11) is 0. The van der Waals surface area contributed by atoms with Crippen molar-refractivity contribution in [1.29, 1.82) is 0 Å². The molecular formula is C12H13BrF2O. The van der Waals surface area contributed by atoms with Crippen LogP contribution in [0.4, 0.5) is 8.78 Å². The summed E-state index contributed by atoms with van der Waals surface area (Å²) in [5.41, 5.74) is 0.0836. The van der Waals surface area contributed by atoms with Crippen molar-refractivity contribution in [3.05, 3.63) is 33.8 Å². The SMILES string of the molecule is OC1CCCC1Cc1c(F)ccc(Br)c1F. The van der Waals surface area contributed by atoms with Crippen LogP contribution in [0.15, 0.2) is 16.6 Å². The van der Waals surface area contributed by atoms with E-state index >= 15 is 0 Å². The number of halogens is 3. The third-order valence-electron chi connectivity index (χ3n) is 3.22. The lowest BCUT2D eigenvalue weighted by Crippen LogP contribution is -2.17. The second-order valence-corrected chi connectivity index (χ2v) is 5.14. The molecule has 0 spiro atoms. The number of aliphatic hydroxyl groups is 1. The van der Waals surface area contributed by atoms with Gasteiger partial charge in [0.25, 0.3) is 0 Å². The fraction of sp³-hybridized carbons (Fsp3) is 0.500. The predicted molar refractivity (Wildman–Crippen MR) is 61.1 cm³/mol. The van der Waals surface area contributed by atoms with Gasteiger partial charge in [-0.3, -0.25) is 0 Å². The Morgan fingerprint density at radius 3 is 2.69 bits per heavy atom. The molecule has 1 N–H and O–H groups in total. The first-order valence-electron chi connectivity index (χ1n) is 5.40. The van der Waals surface area contributed by atoms with Crippen molar-refractivity contribution in [2.24, 2.45) is 5.92 Å². The zero-order chi connectivity index (χ0) is 11.7. The maximum atomic E-state index is 13.7. The molecule has 0 radical (unpaired) electrons. The van der Waals surface area contributed by atoms with Gasteiger partial charge in [-0.15, -0.1) is 0 Å². The lowest BCUT2D eigenvalue weighted by molar-refractivity contribution is 0.131. The summed E-state index contributed by atoms with van der Waals surface area (Å²) in [6.45, 7) is 0. The Kier molecular flexibility index (Phi) is 3.60. The Labute approximate surface area is 102 Å². The van der Waals surface area contributed by atoms with Crippen LogP contribution < -0.4 is 0 Å². The van der Waals surface area contributed by atoms with E-state index < -0.39 is 17.7 Å². The van der Waals surface area contributed by atoms with Crippen molar-refractivity contribution in [3.8, 4) is 0 Å². The number of benzene rings is 1. The summed E-state index contributed by atoms with van der Waals surface area (Å²) in [4.78, 5) is 0. The smallest absolute Gasteiger partial charge is 0.143 e. The second kappa shape index (κ2) is 4.80. The van der Waals surface area contributed by atoms with Crippen LogP contribution in [0, 0.1) is 17.6 Å². The largest absolute Gasteiger partial charge is 0.393 e. The molecule has 1 saturated carbocycles. The van der Waals surface area contributed by atoms with E-state index in [2.05, 4.69) is 15.9 Å². The van der Waals surface area contributed by atoms with E-state index in [1.807, 2.05) is 0 Å². The van der Waals surface area contributed by atoms with Crippen LogP contribution in [-0.4, -0.2) is 11.2 Å². The minimum absolute atomic E-state index is 0.0155. The maximum absolute atomic E-state index is 13.7. The minimum Gasteiger partial charge on any atom is -0.393 e. The maximum Gasteiger partial charge on any atom is 0.143 e. The van der Waals surface area contributed by atoms with Crippen LogP contribution in [0.5, 0.6) is 0 Å². The minimum atomic E-state index is -0.542. The highest BCUT2D eigenvalue weighted by molar-refractivity contribution is 9.10. The number of rotatable bonds is 2. The molecule has 2 rings (SSSR count). The average Bonchev–Trinajstić information content (AvgIpc) is 2.65. The third-order valence-corrected chi connectivity index (χ3v) is 3.84. The van der Waals surface area contributed by atoms with E-state index in [0.29, 0.717) is 0 Å². The van der Waals surface area contributed by atoms with Crippen LogP contribution in [0.1, 0.15) is 24.8 Å². The number of hydrogen-bond donors (Lipinski definition) is 1. The van der Waals surface area contributed by atoms with Crippen LogP contribution in [0.25, 0.3) is 0 Å². The Morgan fingerprint density at radius 1 is 1.31 bits per heavy atom. The van der Waals surface area contributed by atoms with Crippen molar-refractivity contribution in [2.75, 3.05) is 0 Å². The molecule has 1 aliphatic rings. The molecule has 0 aromatic heterocycles. The Balaban J connectivity index is 2.23. The van der Waals surface area contributed by atoms with E-state index in [-0.39, 0.29) is 22.4 Å². The number of hydrogen-bond acceptors (Lipinski definition) is 1. The van der Waals surface area contributed by atoms with Crippen molar-refractivity contribution in [1.82, 2.24) is 0 Å². The topological polar surface area (TPSA) is 20.2 Å². The summed E-state index contributed by atoms with van der Waals surface area (Å²) >= 11 is 3.04. The van der Waals surface area contributed by atoms with Crippen LogP contribution in [0.2, 0.25) is 0 Å². The quantitative estimate of drug-likeness (QED) is 0.828. The van der Waals surface area contributed by atoms with Gasteiger partial charge in [0.05, 0.1) is 10.6 Å². The monoisotopic (exact) mass is 290 g/mol. The fourth-order valence-corrected chi connectivity index (χ4v) is 2.65. The second-order valence-electron chi connectivity index (χ2n) is 4.28. The highest BCUT2D eigenvalue weighted by Crippen LogP contribution is 2.31. The molecule has 2 atom stereocenters. The Hall–Kier alpha value is -0.480. The summed E-state index contributed by atoms with van der Waals surface area (Å²) < 4.78 is 27.4. The summed E-state index contributed by atoms with van der Waals surface area (Å²) in [5, 5.41) is 9.64. The zero-order valence-corrected chi connectivity index (χ0v) is 10.3. The molecule has 0 heterocycles. The van der Waals surface area contributed by atoms with Gasteiger partial charge in [-0.2, -0.15) is 0 Å². The van der Waals surface area contributed by atoms with E-state index in [9.17, 15) is 13.9 Å². The Morgan fingerprint density at radius 2 is 2.06 bits per heavy atom. The van der Waals surface area contributed by atoms with Crippen LogP contribution >= 0.6 is 15.9 Å². The van der Waals surface area contributed by atoms with E-state index in [4.69, 9.17) is 0 Å². The lowest BCUT2D eigenvalue weighted by Gasteiger charge is -2.15. The molecule has 0 saturated heterocycles. The van der Waals surface area contributed by atoms with Crippen molar-refractivity contribution < 1.29 is 13.9 Å². The third kappa shape index (κ3) is 2.28. The van der Waals surface area contributed by atoms with Gasteiger partial charge in [-0.05, 0) is 53.2 Å². The van der Waals surface area contributed by atoms with E-state index in [0.717, 1.165) is 19.3 Å². The van der Waals surface area contributed by atoms with Gasteiger partial charge >= 0.3 is 0 Å². The van der Waals surface area contributed by atoms with E-state index in [1.54, 1.807) is 0 Å².